The zero-order valence-electron chi connectivity index (χ0n) is 17.3. The van der Waals surface area contributed by atoms with Crippen LogP contribution in [0, 0.1) is 5.82 Å². The van der Waals surface area contributed by atoms with Crippen molar-refractivity contribution in [1.82, 2.24) is 5.32 Å². The molecular formula is C24H28BrClFNO2. The van der Waals surface area contributed by atoms with E-state index in [4.69, 9.17) is 21.1 Å². The minimum atomic E-state index is -0.381. The maximum Gasteiger partial charge on any atom is 0.162 e. The molecule has 0 saturated heterocycles. The van der Waals surface area contributed by atoms with Gasteiger partial charge in [-0.05, 0) is 75.4 Å². The van der Waals surface area contributed by atoms with Crippen LogP contribution >= 0.6 is 27.5 Å². The Morgan fingerprint density at radius 2 is 2.00 bits per heavy atom. The Bertz CT molecular complexity index is 867. The molecule has 0 spiro atoms. The largest absolute Gasteiger partial charge is 0.490 e. The molecule has 2 aromatic carbocycles. The van der Waals surface area contributed by atoms with E-state index in [0.29, 0.717) is 28.7 Å². The van der Waals surface area contributed by atoms with Crippen molar-refractivity contribution < 1.29 is 13.9 Å². The Hall–Kier alpha value is -1.56. The molecule has 1 aliphatic rings. The van der Waals surface area contributed by atoms with Crippen molar-refractivity contribution >= 4 is 27.5 Å². The highest BCUT2D eigenvalue weighted by Gasteiger charge is 2.14. The summed E-state index contributed by atoms with van der Waals surface area (Å²) in [6.45, 7) is 4.15. The summed E-state index contributed by atoms with van der Waals surface area (Å²) in [4.78, 5) is 0. The number of hydrogen-bond donors (Lipinski definition) is 1. The molecule has 2 aromatic rings. The van der Waals surface area contributed by atoms with Gasteiger partial charge in [0.05, 0.1) is 11.6 Å². The second-order valence-electron chi connectivity index (χ2n) is 7.35. The van der Waals surface area contributed by atoms with Gasteiger partial charge in [0, 0.05) is 16.6 Å². The number of nitrogens with one attached hydrogen (secondary N) is 1. The summed E-state index contributed by atoms with van der Waals surface area (Å²) in [5, 5.41) is 3.87. The van der Waals surface area contributed by atoms with Crippen LogP contribution in [0.1, 0.15) is 50.2 Å². The van der Waals surface area contributed by atoms with Crippen molar-refractivity contribution in [3.63, 3.8) is 0 Å². The van der Waals surface area contributed by atoms with Crippen LogP contribution < -0.4 is 14.8 Å². The molecule has 3 nitrogen and oxygen atoms in total. The molecule has 162 valence electrons. The first-order valence-corrected chi connectivity index (χ1v) is 11.6. The van der Waals surface area contributed by atoms with Gasteiger partial charge in [0.2, 0.25) is 0 Å². The lowest BCUT2D eigenvalue weighted by Crippen LogP contribution is -2.16. The first-order valence-electron chi connectivity index (χ1n) is 10.5. The molecule has 0 atom stereocenters. The van der Waals surface area contributed by atoms with E-state index in [1.54, 1.807) is 17.7 Å². The van der Waals surface area contributed by atoms with Gasteiger partial charge in [-0.25, -0.2) is 4.39 Å². The van der Waals surface area contributed by atoms with Gasteiger partial charge in [-0.3, -0.25) is 0 Å². The number of rotatable bonds is 10. The molecule has 1 aliphatic carbocycles. The number of hydrogen-bond acceptors (Lipinski definition) is 3. The van der Waals surface area contributed by atoms with Crippen molar-refractivity contribution in [3.05, 3.63) is 68.4 Å². The summed E-state index contributed by atoms with van der Waals surface area (Å²) >= 11 is 9.74. The van der Waals surface area contributed by atoms with Crippen LogP contribution in [0.4, 0.5) is 4.39 Å². The molecule has 0 amide bonds. The van der Waals surface area contributed by atoms with Crippen LogP contribution in [0.2, 0.25) is 5.02 Å². The number of halogens is 3. The van der Waals surface area contributed by atoms with E-state index in [2.05, 4.69) is 27.3 Å². The first-order chi connectivity index (χ1) is 14.6. The van der Waals surface area contributed by atoms with E-state index >= 15 is 0 Å². The third-order valence-electron chi connectivity index (χ3n) is 5.17. The van der Waals surface area contributed by atoms with Crippen LogP contribution in [0.3, 0.4) is 0 Å². The average Bonchev–Trinajstić information content (AvgIpc) is 2.74. The van der Waals surface area contributed by atoms with Crippen molar-refractivity contribution in [2.24, 2.45) is 0 Å². The molecule has 0 fully saturated rings. The summed E-state index contributed by atoms with van der Waals surface area (Å²) in [6.07, 6.45) is 8.58. The Morgan fingerprint density at radius 3 is 2.73 bits per heavy atom. The summed E-state index contributed by atoms with van der Waals surface area (Å²) in [7, 11) is 0. The third-order valence-corrected chi connectivity index (χ3v) is 6.26. The Balaban J connectivity index is 1.63. The Labute approximate surface area is 191 Å². The molecule has 0 saturated carbocycles. The lowest BCUT2D eigenvalue weighted by atomic mass is 9.97. The topological polar surface area (TPSA) is 30.5 Å². The van der Waals surface area contributed by atoms with E-state index in [1.807, 2.05) is 19.1 Å². The van der Waals surface area contributed by atoms with E-state index in [-0.39, 0.29) is 12.4 Å². The highest BCUT2D eigenvalue weighted by atomic mass is 79.9. The fraction of sp³-hybridized carbons (Fsp3) is 0.417. The molecule has 0 aliphatic heterocycles. The zero-order valence-corrected chi connectivity index (χ0v) is 19.6. The monoisotopic (exact) mass is 495 g/mol. The maximum atomic E-state index is 14.0. The van der Waals surface area contributed by atoms with Crippen molar-refractivity contribution in [2.45, 2.75) is 52.2 Å². The van der Waals surface area contributed by atoms with Gasteiger partial charge in [0.1, 0.15) is 12.4 Å². The molecule has 0 radical (unpaired) electrons. The quantitative estimate of drug-likeness (QED) is 0.279. The minimum Gasteiger partial charge on any atom is -0.490 e. The number of benzene rings is 2. The van der Waals surface area contributed by atoms with E-state index in [9.17, 15) is 4.39 Å². The van der Waals surface area contributed by atoms with Crippen molar-refractivity contribution in [1.29, 1.82) is 0 Å². The van der Waals surface area contributed by atoms with E-state index in [1.165, 1.54) is 31.7 Å². The molecular weight excluding hydrogens is 469 g/mol. The predicted octanol–water partition coefficient (Wildman–Crippen LogP) is 7.20. The maximum absolute atomic E-state index is 14.0. The number of allylic oxidation sites excluding steroid dienone is 1. The summed E-state index contributed by atoms with van der Waals surface area (Å²) in [5.41, 5.74) is 2.99. The van der Waals surface area contributed by atoms with Crippen LogP contribution in [-0.2, 0) is 13.2 Å². The van der Waals surface area contributed by atoms with E-state index in [0.717, 1.165) is 29.5 Å². The van der Waals surface area contributed by atoms with Crippen molar-refractivity contribution in [2.75, 3.05) is 13.2 Å². The Kier molecular flexibility index (Phi) is 9.04. The van der Waals surface area contributed by atoms with E-state index < -0.39 is 0 Å². The number of ether oxygens (including phenoxy) is 2. The molecule has 3 rings (SSSR count). The molecule has 1 N–H and O–H groups in total. The van der Waals surface area contributed by atoms with Gasteiger partial charge in [0.25, 0.3) is 0 Å². The molecule has 0 aromatic heterocycles. The fourth-order valence-corrected chi connectivity index (χ4v) is 4.20. The summed E-state index contributed by atoms with van der Waals surface area (Å²) in [5.74, 6) is 0.813. The minimum absolute atomic E-state index is 0.0325. The first kappa shape index (κ1) is 23.1. The van der Waals surface area contributed by atoms with Crippen LogP contribution in [0.15, 0.2) is 46.5 Å². The fourth-order valence-electron chi connectivity index (χ4n) is 3.52. The summed E-state index contributed by atoms with van der Waals surface area (Å²) in [6, 6.07) is 8.46. The van der Waals surface area contributed by atoms with Gasteiger partial charge in [-0.2, -0.15) is 0 Å². The smallest absolute Gasteiger partial charge is 0.162 e. The third kappa shape index (κ3) is 6.47. The highest BCUT2D eigenvalue weighted by molar-refractivity contribution is 9.10. The van der Waals surface area contributed by atoms with Gasteiger partial charge in [-0.15, -0.1) is 0 Å². The average molecular weight is 497 g/mol. The van der Waals surface area contributed by atoms with Crippen LogP contribution in [0.5, 0.6) is 11.5 Å². The SMILES string of the molecule is CCOc1cc(CNCCC2=CCCCC2)c(Br)cc1OCc1c(F)cccc1Cl. The van der Waals surface area contributed by atoms with Gasteiger partial charge < -0.3 is 14.8 Å². The normalized spacial score (nSPS) is 13.8. The standard InChI is InChI=1S/C24H28BrClFNO2/c1-2-29-23-13-18(15-28-12-11-17-7-4-3-5-8-17)20(25)14-24(23)30-16-19-21(26)9-6-10-22(19)27/h6-7,9-10,13-14,28H,2-5,8,11-12,15-16H2,1H3. The zero-order chi connectivity index (χ0) is 21.3. The molecule has 6 heteroatoms. The lowest BCUT2D eigenvalue weighted by molar-refractivity contribution is 0.265. The second-order valence-corrected chi connectivity index (χ2v) is 8.61. The molecule has 30 heavy (non-hydrogen) atoms. The highest BCUT2D eigenvalue weighted by Crippen LogP contribution is 2.35. The predicted molar refractivity (Wildman–Crippen MR) is 124 cm³/mol. The van der Waals surface area contributed by atoms with Gasteiger partial charge in [0.15, 0.2) is 11.5 Å². The van der Waals surface area contributed by atoms with Crippen molar-refractivity contribution in [3.8, 4) is 11.5 Å². The van der Waals surface area contributed by atoms with Crippen LogP contribution in [0.25, 0.3) is 0 Å². The van der Waals surface area contributed by atoms with Crippen LogP contribution in [-0.4, -0.2) is 13.2 Å². The van der Waals surface area contributed by atoms with Gasteiger partial charge in [-0.1, -0.05) is 45.2 Å². The lowest BCUT2D eigenvalue weighted by Gasteiger charge is -2.17. The second kappa shape index (κ2) is 11.7. The molecule has 0 bridgehead atoms. The Morgan fingerprint density at radius 1 is 1.17 bits per heavy atom. The van der Waals surface area contributed by atoms with Gasteiger partial charge >= 0.3 is 0 Å². The molecule has 0 heterocycles. The molecule has 0 unspecified atom stereocenters. The summed E-state index contributed by atoms with van der Waals surface area (Å²) < 4.78 is 26.6.